The first-order chi connectivity index (χ1) is 10.9. The predicted octanol–water partition coefficient (Wildman–Crippen LogP) is 0.273. The third-order valence-electron chi connectivity index (χ3n) is 3.06. The molecule has 0 aromatic rings. The van der Waals surface area contributed by atoms with E-state index in [1.165, 1.54) is 6.92 Å². The molecule has 1 unspecified atom stereocenters. The Kier molecular flexibility index (Phi) is 5.87. The number of rotatable bonds is 4. The molecule has 0 aromatic carbocycles. The molecule has 1 atom stereocenters. The van der Waals surface area contributed by atoms with Crippen molar-refractivity contribution in [1.82, 2.24) is 4.90 Å². The topological polar surface area (TPSA) is 113 Å². The fourth-order valence-electron chi connectivity index (χ4n) is 1.83. The summed E-state index contributed by atoms with van der Waals surface area (Å²) in [4.78, 5) is 22.8. The van der Waals surface area contributed by atoms with Gasteiger partial charge >= 0.3 is 21.6 Å². The van der Waals surface area contributed by atoms with Crippen LogP contribution in [0.5, 0.6) is 0 Å². The van der Waals surface area contributed by atoms with Crippen LogP contribution in [0.4, 0.5) is 18.0 Å². The van der Waals surface area contributed by atoms with Crippen molar-refractivity contribution in [2.45, 2.75) is 24.9 Å². The number of esters is 1. The van der Waals surface area contributed by atoms with E-state index < -0.39 is 52.5 Å². The fraction of sp³-hybridized carbons (Fsp3) is 0.500. The number of halogens is 3. The minimum atomic E-state index is -5.93. The molecule has 0 bridgehead atoms. The molecule has 8 nitrogen and oxygen atoms in total. The Labute approximate surface area is 135 Å². The molecule has 24 heavy (non-hydrogen) atoms. The number of carbonyl (C=O) groups is 2. The van der Waals surface area contributed by atoms with Crippen LogP contribution in [0, 0.1) is 0 Å². The lowest BCUT2D eigenvalue weighted by molar-refractivity contribution is -0.267. The minimum absolute atomic E-state index is 0.240. The maximum Gasteiger partial charge on any atom is 0.534 e. The highest BCUT2D eigenvalue weighted by atomic mass is 32.2. The monoisotopic (exact) mass is 372 g/mol. The Morgan fingerprint density at radius 3 is 2.42 bits per heavy atom. The van der Waals surface area contributed by atoms with Gasteiger partial charge in [0.05, 0.1) is 7.11 Å². The Balaban J connectivity index is 3.27. The standard InChI is InChI=1S/C12H14F3NO7S/c1-7-5-9(23-24(20,21)12(13,14)15)8(3-4-10(17)22-2)6-16(7)11(18)19/h3-4,7H,5-6H2,1-2H3,(H,18,19)/p-1. The molecule has 1 rings (SSSR count). The van der Waals surface area contributed by atoms with Crippen LogP contribution in [-0.4, -0.2) is 50.6 Å². The molecule has 0 saturated carbocycles. The van der Waals surface area contributed by atoms with Gasteiger partial charge in [0.2, 0.25) is 0 Å². The van der Waals surface area contributed by atoms with E-state index in [0.717, 1.165) is 24.2 Å². The number of hydrogen-bond donors (Lipinski definition) is 0. The lowest BCUT2D eigenvalue weighted by Crippen LogP contribution is -2.49. The minimum Gasteiger partial charge on any atom is -0.530 e. The van der Waals surface area contributed by atoms with Crippen molar-refractivity contribution in [3.8, 4) is 0 Å². The molecule has 0 N–H and O–H groups in total. The maximum absolute atomic E-state index is 12.4. The second kappa shape index (κ2) is 7.11. The summed E-state index contributed by atoms with van der Waals surface area (Å²) in [5.74, 6) is -1.49. The maximum atomic E-state index is 12.4. The van der Waals surface area contributed by atoms with Crippen LogP contribution in [0.25, 0.3) is 0 Å². The normalized spacial score (nSPS) is 19.5. The molecule has 0 fully saturated rings. The Bertz CT molecular complexity index is 681. The van der Waals surface area contributed by atoms with E-state index in [0.29, 0.717) is 0 Å². The van der Waals surface area contributed by atoms with Gasteiger partial charge in [-0.1, -0.05) is 0 Å². The Hall–Kier alpha value is -2.24. The zero-order chi connectivity index (χ0) is 18.7. The van der Waals surface area contributed by atoms with Crippen LogP contribution in [0.15, 0.2) is 23.5 Å². The van der Waals surface area contributed by atoms with E-state index in [-0.39, 0.29) is 5.57 Å². The van der Waals surface area contributed by atoms with E-state index >= 15 is 0 Å². The lowest BCUT2D eigenvalue weighted by Gasteiger charge is -2.36. The molecule has 0 aromatic heterocycles. The first-order valence-electron chi connectivity index (χ1n) is 6.35. The lowest BCUT2D eigenvalue weighted by atomic mass is 10.0. The van der Waals surface area contributed by atoms with Gasteiger partial charge in [0.1, 0.15) is 11.9 Å². The molecule has 1 aliphatic heterocycles. The van der Waals surface area contributed by atoms with E-state index in [2.05, 4.69) is 8.92 Å². The number of carboxylic acid groups (broad SMARTS) is 1. The molecule has 0 spiro atoms. The molecule has 0 saturated heterocycles. The van der Waals surface area contributed by atoms with E-state index in [1.807, 2.05) is 0 Å². The van der Waals surface area contributed by atoms with Crippen LogP contribution < -0.4 is 5.11 Å². The number of alkyl halides is 3. The summed E-state index contributed by atoms with van der Waals surface area (Å²) in [6, 6.07) is -0.885. The van der Waals surface area contributed by atoms with Gasteiger partial charge in [-0.15, -0.1) is 0 Å². The number of carbonyl (C=O) groups excluding carboxylic acids is 2. The number of ether oxygens (including phenoxy) is 1. The van der Waals surface area contributed by atoms with Crippen LogP contribution in [0.3, 0.4) is 0 Å². The van der Waals surface area contributed by atoms with E-state index in [1.54, 1.807) is 0 Å². The summed E-state index contributed by atoms with van der Waals surface area (Å²) >= 11 is 0. The summed E-state index contributed by atoms with van der Waals surface area (Å²) in [7, 11) is -4.88. The number of amides is 1. The Morgan fingerprint density at radius 2 is 1.96 bits per heavy atom. The van der Waals surface area contributed by atoms with Crippen molar-refractivity contribution in [1.29, 1.82) is 0 Å². The molecular formula is C12H13F3NO7S-. The van der Waals surface area contributed by atoms with Crippen LogP contribution in [0.1, 0.15) is 13.3 Å². The number of nitrogens with zero attached hydrogens (tertiary/aromatic N) is 1. The molecule has 12 heteroatoms. The predicted molar refractivity (Wildman–Crippen MR) is 70.4 cm³/mol. The van der Waals surface area contributed by atoms with E-state index in [9.17, 15) is 36.3 Å². The van der Waals surface area contributed by atoms with Gasteiger partial charge in [0.15, 0.2) is 0 Å². The third kappa shape index (κ3) is 4.63. The molecular weight excluding hydrogens is 359 g/mol. The second-order valence-corrected chi connectivity index (χ2v) is 6.27. The summed E-state index contributed by atoms with van der Waals surface area (Å²) in [5.41, 5.74) is -5.89. The van der Waals surface area contributed by atoms with Gasteiger partial charge in [-0.2, -0.15) is 21.6 Å². The fourth-order valence-corrected chi connectivity index (χ4v) is 2.37. The zero-order valence-corrected chi connectivity index (χ0v) is 13.3. The highest BCUT2D eigenvalue weighted by Crippen LogP contribution is 2.32. The first-order valence-corrected chi connectivity index (χ1v) is 7.76. The second-order valence-electron chi connectivity index (χ2n) is 4.74. The highest BCUT2D eigenvalue weighted by molar-refractivity contribution is 7.87. The summed E-state index contributed by atoms with van der Waals surface area (Å²) in [6.45, 7) is 0.819. The van der Waals surface area contributed by atoms with Crippen molar-refractivity contribution in [2.75, 3.05) is 13.7 Å². The molecule has 1 amide bonds. The van der Waals surface area contributed by atoms with Gasteiger partial charge < -0.3 is 23.7 Å². The average molecular weight is 372 g/mol. The smallest absolute Gasteiger partial charge is 0.530 e. The summed E-state index contributed by atoms with van der Waals surface area (Å²) in [5, 5.41) is 11.0. The van der Waals surface area contributed by atoms with Gasteiger partial charge in [-0.3, -0.25) is 0 Å². The molecule has 136 valence electrons. The van der Waals surface area contributed by atoms with Crippen LogP contribution in [-0.2, 0) is 23.8 Å². The third-order valence-corrected chi connectivity index (χ3v) is 4.05. The van der Waals surface area contributed by atoms with Gasteiger partial charge in [0.25, 0.3) is 0 Å². The number of methoxy groups -OCH3 is 1. The molecule has 0 aliphatic carbocycles. The summed E-state index contributed by atoms with van der Waals surface area (Å²) < 4.78 is 68.0. The summed E-state index contributed by atoms with van der Waals surface area (Å²) in [6.07, 6.45) is -0.342. The molecule has 1 aliphatic rings. The Morgan fingerprint density at radius 1 is 1.38 bits per heavy atom. The van der Waals surface area contributed by atoms with Gasteiger partial charge in [0, 0.05) is 30.7 Å². The molecule has 0 radical (unpaired) electrons. The van der Waals surface area contributed by atoms with Crippen LogP contribution >= 0.6 is 0 Å². The first kappa shape index (κ1) is 19.8. The van der Waals surface area contributed by atoms with E-state index in [4.69, 9.17) is 0 Å². The number of hydrogen-bond acceptors (Lipinski definition) is 7. The van der Waals surface area contributed by atoms with Crippen molar-refractivity contribution < 1.29 is 45.2 Å². The van der Waals surface area contributed by atoms with Gasteiger partial charge in [-0.05, 0) is 13.0 Å². The largest absolute Gasteiger partial charge is 0.534 e. The zero-order valence-electron chi connectivity index (χ0n) is 12.5. The van der Waals surface area contributed by atoms with Gasteiger partial charge in [-0.25, -0.2) is 4.79 Å². The van der Waals surface area contributed by atoms with Crippen molar-refractivity contribution in [3.63, 3.8) is 0 Å². The quantitative estimate of drug-likeness (QED) is 0.301. The van der Waals surface area contributed by atoms with Crippen molar-refractivity contribution in [2.24, 2.45) is 0 Å². The van der Waals surface area contributed by atoms with Crippen molar-refractivity contribution in [3.05, 3.63) is 23.5 Å². The average Bonchev–Trinajstić information content (AvgIpc) is 2.43. The van der Waals surface area contributed by atoms with Crippen LogP contribution in [0.2, 0.25) is 0 Å². The SMILES string of the molecule is COC(=O)C=CC1=C(OS(=O)(=O)C(F)(F)F)CC(C)N(C(=O)[O-])C1. The molecule has 1 heterocycles. The highest BCUT2D eigenvalue weighted by Gasteiger charge is 2.49. The van der Waals surface area contributed by atoms with Crippen molar-refractivity contribution >= 4 is 22.2 Å².